The average molecular weight is 172 g/mol. The Morgan fingerprint density at radius 1 is 1.33 bits per heavy atom. The minimum atomic E-state index is -0.303. The molecule has 2 aliphatic rings. The van der Waals surface area contributed by atoms with Crippen LogP contribution in [0.1, 0.15) is 25.7 Å². The van der Waals surface area contributed by atoms with E-state index in [1.807, 2.05) is 0 Å². The van der Waals surface area contributed by atoms with Crippen molar-refractivity contribution in [3.8, 4) is 0 Å². The van der Waals surface area contributed by atoms with E-state index in [1.54, 1.807) is 0 Å². The van der Waals surface area contributed by atoms with Gasteiger partial charge in [-0.05, 0) is 19.3 Å². The van der Waals surface area contributed by atoms with Gasteiger partial charge in [-0.1, -0.05) is 0 Å². The Morgan fingerprint density at radius 3 is 2.75 bits per heavy atom. The fourth-order valence-corrected chi connectivity index (χ4v) is 2.39. The summed E-state index contributed by atoms with van der Waals surface area (Å²) in [6.45, 7) is 1.70. The molecule has 1 N–H and O–H groups in total. The molecule has 70 valence electrons. The van der Waals surface area contributed by atoms with Crippen molar-refractivity contribution in [1.29, 1.82) is 0 Å². The monoisotopic (exact) mass is 172 g/mol. The number of hydrogen-bond acceptors (Lipinski definition) is 3. The number of ether oxygens (including phenoxy) is 2. The molecule has 3 nitrogen and oxygen atoms in total. The van der Waals surface area contributed by atoms with E-state index in [9.17, 15) is 0 Å². The van der Waals surface area contributed by atoms with Gasteiger partial charge in [0.15, 0.2) is 5.79 Å². The molecule has 0 amide bonds. The SMILES string of the molecule is OCCC1CCCC12OCCO2. The first-order chi connectivity index (χ1) is 5.87. The molecule has 1 atom stereocenters. The third-order valence-corrected chi connectivity index (χ3v) is 2.95. The number of aliphatic hydroxyl groups is 1. The second-order valence-corrected chi connectivity index (χ2v) is 3.61. The lowest BCUT2D eigenvalue weighted by Gasteiger charge is -2.28. The summed E-state index contributed by atoms with van der Waals surface area (Å²) in [5.74, 6) is 0.118. The molecule has 1 heterocycles. The summed E-state index contributed by atoms with van der Waals surface area (Å²) in [5.41, 5.74) is 0. The van der Waals surface area contributed by atoms with Crippen LogP contribution >= 0.6 is 0 Å². The Balaban J connectivity index is 2.01. The lowest BCUT2D eigenvalue weighted by molar-refractivity contribution is -0.183. The first-order valence-corrected chi connectivity index (χ1v) is 4.76. The summed E-state index contributed by atoms with van der Waals surface area (Å²) < 4.78 is 11.3. The van der Waals surface area contributed by atoms with Gasteiger partial charge in [0.05, 0.1) is 13.2 Å². The van der Waals surface area contributed by atoms with Crippen molar-refractivity contribution in [2.75, 3.05) is 19.8 Å². The molecule has 0 aromatic carbocycles. The van der Waals surface area contributed by atoms with Gasteiger partial charge in [0.25, 0.3) is 0 Å². The minimum Gasteiger partial charge on any atom is -0.396 e. The summed E-state index contributed by atoms with van der Waals surface area (Å²) in [7, 11) is 0. The zero-order chi connectivity index (χ0) is 8.44. The number of aliphatic hydroxyl groups excluding tert-OH is 1. The molecule has 1 saturated carbocycles. The molecule has 2 fully saturated rings. The van der Waals surface area contributed by atoms with Crippen LogP contribution < -0.4 is 0 Å². The van der Waals surface area contributed by atoms with E-state index >= 15 is 0 Å². The van der Waals surface area contributed by atoms with Crippen molar-refractivity contribution >= 4 is 0 Å². The zero-order valence-corrected chi connectivity index (χ0v) is 7.29. The lowest BCUT2D eigenvalue weighted by Crippen LogP contribution is -2.34. The molecule has 0 aromatic rings. The normalized spacial score (nSPS) is 33.2. The van der Waals surface area contributed by atoms with Crippen LogP contribution in [0.3, 0.4) is 0 Å². The number of hydrogen-bond donors (Lipinski definition) is 1. The van der Waals surface area contributed by atoms with E-state index in [4.69, 9.17) is 14.6 Å². The Kier molecular flexibility index (Phi) is 2.35. The molecule has 1 aliphatic carbocycles. The molecule has 1 aliphatic heterocycles. The smallest absolute Gasteiger partial charge is 0.171 e. The van der Waals surface area contributed by atoms with Crippen LogP contribution in [0.5, 0.6) is 0 Å². The first kappa shape index (κ1) is 8.48. The van der Waals surface area contributed by atoms with Crippen LogP contribution in [0.15, 0.2) is 0 Å². The standard InChI is InChI=1S/C9H16O3/c10-5-3-8-2-1-4-9(8)11-6-7-12-9/h8,10H,1-7H2. The van der Waals surface area contributed by atoms with Gasteiger partial charge in [0.1, 0.15) is 0 Å². The highest BCUT2D eigenvalue weighted by atomic mass is 16.7. The maximum atomic E-state index is 8.86. The molecular formula is C9H16O3. The van der Waals surface area contributed by atoms with Crippen LogP contribution in [0, 0.1) is 5.92 Å². The van der Waals surface area contributed by atoms with Gasteiger partial charge in [-0.25, -0.2) is 0 Å². The highest BCUT2D eigenvalue weighted by Crippen LogP contribution is 2.43. The third kappa shape index (κ3) is 1.26. The largest absolute Gasteiger partial charge is 0.396 e. The van der Waals surface area contributed by atoms with Gasteiger partial charge < -0.3 is 14.6 Å². The van der Waals surface area contributed by atoms with Gasteiger partial charge in [-0.15, -0.1) is 0 Å². The van der Waals surface area contributed by atoms with E-state index in [1.165, 1.54) is 6.42 Å². The van der Waals surface area contributed by atoms with Crippen LogP contribution in [-0.2, 0) is 9.47 Å². The summed E-state index contributed by atoms with van der Waals surface area (Å²) in [4.78, 5) is 0. The third-order valence-electron chi connectivity index (χ3n) is 2.95. The van der Waals surface area contributed by atoms with Crippen molar-refractivity contribution in [1.82, 2.24) is 0 Å². The number of rotatable bonds is 2. The maximum absolute atomic E-state index is 8.86. The second kappa shape index (κ2) is 3.32. The molecule has 1 saturated heterocycles. The molecule has 0 radical (unpaired) electrons. The van der Waals surface area contributed by atoms with E-state index in [0.29, 0.717) is 5.92 Å². The van der Waals surface area contributed by atoms with E-state index in [0.717, 1.165) is 32.5 Å². The minimum absolute atomic E-state index is 0.249. The molecule has 1 unspecified atom stereocenters. The molecule has 1 spiro atoms. The fraction of sp³-hybridized carbons (Fsp3) is 1.00. The van der Waals surface area contributed by atoms with Crippen molar-refractivity contribution in [3.05, 3.63) is 0 Å². The first-order valence-electron chi connectivity index (χ1n) is 4.76. The quantitative estimate of drug-likeness (QED) is 0.673. The molecule has 0 aromatic heterocycles. The van der Waals surface area contributed by atoms with Crippen molar-refractivity contribution < 1.29 is 14.6 Å². The highest BCUT2D eigenvalue weighted by molar-refractivity contribution is 4.88. The molecular weight excluding hydrogens is 156 g/mol. The van der Waals surface area contributed by atoms with Gasteiger partial charge in [-0.3, -0.25) is 0 Å². The van der Waals surface area contributed by atoms with Crippen LogP contribution in [0.2, 0.25) is 0 Å². The Morgan fingerprint density at radius 2 is 2.08 bits per heavy atom. The zero-order valence-electron chi connectivity index (χ0n) is 7.29. The Labute approximate surface area is 72.7 Å². The van der Waals surface area contributed by atoms with Crippen LogP contribution in [0.25, 0.3) is 0 Å². The summed E-state index contributed by atoms with van der Waals surface area (Å²) in [6, 6.07) is 0. The Hall–Kier alpha value is -0.120. The summed E-state index contributed by atoms with van der Waals surface area (Å²) in [5, 5.41) is 8.86. The summed E-state index contributed by atoms with van der Waals surface area (Å²) in [6.07, 6.45) is 4.14. The fourth-order valence-electron chi connectivity index (χ4n) is 2.39. The van der Waals surface area contributed by atoms with E-state index in [-0.39, 0.29) is 12.4 Å². The molecule has 3 heteroatoms. The van der Waals surface area contributed by atoms with Gasteiger partial charge in [0.2, 0.25) is 0 Å². The van der Waals surface area contributed by atoms with Crippen molar-refractivity contribution in [2.45, 2.75) is 31.5 Å². The predicted octanol–water partition coefficient (Wildman–Crippen LogP) is 0.912. The second-order valence-electron chi connectivity index (χ2n) is 3.61. The maximum Gasteiger partial charge on any atom is 0.171 e. The molecule has 2 rings (SSSR count). The van der Waals surface area contributed by atoms with Gasteiger partial charge >= 0.3 is 0 Å². The van der Waals surface area contributed by atoms with Crippen molar-refractivity contribution in [3.63, 3.8) is 0 Å². The topological polar surface area (TPSA) is 38.7 Å². The van der Waals surface area contributed by atoms with Crippen molar-refractivity contribution in [2.24, 2.45) is 5.92 Å². The van der Waals surface area contributed by atoms with Gasteiger partial charge in [0, 0.05) is 18.9 Å². The summed E-state index contributed by atoms with van der Waals surface area (Å²) >= 11 is 0. The van der Waals surface area contributed by atoms with Crippen LogP contribution in [-0.4, -0.2) is 30.7 Å². The highest BCUT2D eigenvalue weighted by Gasteiger charge is 2.47. The predicted molar refractivity (Wildman–Crippen MR) is 43.7 cm³/mol. The van der Waals surface area contributed by atoms with Crippen LogP contribution in [0.4, 0.5) is 0 Å². The van der Waals surface area contributed by atoms with Gasteiger partial charge in [-0.2, -0.15) is 0 Å². The molecule has 0 bridgehead atoms. The van der Waals surface area contributed by atoms with E-state index < -0.39 is 0 Å². The Bertz CT molecular complexity index is 146. The average Bonchev–Trinajstić information content (AvgIpc) is 2.66. The lowest BCUT2D eigenvalue weighted by atomic mass is 9.99. The molecule has 12 heavy (non-hydrogen) atoms. The van der Waals surface area contributed by atoms with E-state index in [2.05, 4.69) is 0 Å².